The van der Waals surface area contributed by atoms with Crippen LogP contribution in [0, 0.1) is 5.92 Å². The molecule has 0 aliphatic heterocycles. The summed E-state index contributed by atoms with van der Waals surface area (Å²) < 4.78 is 4.71. The highest BCUT2D eigenvalue weighted by Gasteiger charge is 2.15. The minimum absolute atomic E-state index is 0.00523. The molecule has 4 heteroatoms. The van der Waals surface area contributed by atoms with Gasteiger partial charge >= 0.3 is 5.97 Å². The van der Waals surface area contributed by atoms with Crippen molar-refractivity contribution in [3.8, 4) is 0 Å². The number of carbonyl (C=O) groups is 1. The first-order valence-electron chi connectivity index (χ1n) is 5.55. The lowest BCUT2D eigenvalue weighted by molar-refractivity contribution is -0.145. The molecule has 0 aromatic rings. The molecule has 90 valence electrons. The molecule has 0 radical (unpaired) electrons. The average Bonchev–Trinajstić information content (AvgIpc) is 2.22. The fourth-order valence-electron chi connectivity index (χ4n) is 1.36. The van der Waals surface area contributed by atoms with Crippen LogP contribution in [0.25, 0.3) is 0 Å². The van der Waals surface area contributed by atoms with Crippen molar-refractivity contribution in [2.24, 2.45) is 5.92 Å². The van der Waals surface area contributed by atoms with Crippen molar-refractivity contribution in [3.63, 3.8) is 0 Å². The number of esters is 1. The van der Waals surface area contributed by atoms with Gasteiger partial charge in [0.05, 0.1) is 13.0 Å². The maximum absolute atomic E-state index is 11.2. The van der Waals surface area contributed by atoms with Crippen molar-refractivity contribution in [2.75, 3.05) is 40.8 Å². The third kappa shape index (κ3) is 7.33. The summed E-state index contributed by atoms with van der Waals surface area (Å²) in [5, 5.41) is 3.28. The van der Waals surface area contributed by atoms with Crippen LogP contribution in [0.5, 0.6) is 0 Å². The zero-order valence-corrected chi connectivity index (χ0v) is 10.4. The molecule has 0 heterocycles. The van der Waals surface area contributed by atoms with Crippen molar-refractivity contribution in [2.45, 2.75) is 19.8 Å². The van der Waals surface area contributed by atoms with Crippen molar-refractivity contribution < 1.29 is 9.53 Å². The Bertz CT molecular complexity index is 172. The highest BCUT2D eigenvalue weighted by atomic mass is 16.5. The van der Waals surface area contributed by atoms with Gasteiger partial charge in [-0.1, -0.05) is 6.92 Å². The maximum Gasteiger partial charge on any atom is 0.309 e. The summed E-state index contributed by atoms with van der Waals surface area (Å²) in [6.45, 7) is 4.74. The molecule has 1 atom stereocenters. The molecule has 4 nitrogen and oxygen atoms in total. The molecule has 0 aliphatic rings. The van der Waals surface area contributed by atoms with E-state index in [-0.39, 0.29) is 11.9 Å². The third-order valence-corrected chi connectivity index (χ3v) is 2.38. The molecule has 0 saturated carbocycles. The lowest BCUT2D eigenvalue weighted by Gasteiger charge is -2.14. The second-order valence-electron chi connectivity index (χ2n) is 3.99. The quantitative estimate of drug-likeness (QED) is 0.480. The molecule has 1 unspecified atom stereocenters. The first kappa shape index (κ1) is 14.4. The first-order valence-corrected chi connectivity index (χ1v) is 5.55. The summed E-state index contributed by atoms with van der Waals surface area (Å²) in [6.07, 6.45) is 1.93. The lowest BCUT2D eigenvalue weighted by atomic mass is 10.1. The van der Waals surface area contributed by atoms with Crippen LogP contribution in [0.3, 0.4) is 0 Å². The molecule has 15 heavy (non-hydrogen) atoms. The van der Waals surface area contributed by atoms with Crippen LogP contribution in [0.4, 0.5) is 0 Å². The summed E-state index contributed by atoms with van der Waals surface area (Å²) in [4.78, 5) is 13.4. The topological polar surface area (TPSA) is 41.6 Å². The van der Waals surface area contributed by atoms with E-state index in [9.17, 15) is 4.79 Å². The lowest BCUT2D eigenvalue weighted by Crippen LogP contribution is -2.30. The molecule has 0 rings (SSSR count). The highest BCUT2D eigenvalue weighted by Crippen LogP contribution is 2.02. The summed E-state index contributed by atoms with van der Waals surface area (Å²) in [5.74, 6) is -0.119. The van der Waals surface area contributed by atoms with E-state index in [1.165, 1.54) is 7.11 Å². The molecule has 0 saturated heterocycles. The molecule has 0 bridgehead atoms. The van der Waals surface area contributed by atoms with Crippen LogP contribution < -0.4 is 5.32 Å². The van der Waals surface area contributed by atoms with Gasteiger partial charge in [-0.3, -0.25) is 4.79 Å². The zero-order chi connectivity index (χ0) is 11.7. The fraction of sp³-hybridized carbons (Fsp3) is 0.909. The van der Waals surface area contributed by atoms with Gasteiger partial charge in [-0.15, -0.1) is 0 Å². The molecule has 0 amide bonds. The molecular formula is C11H24N2O2. The van der Waals surface area contributed by atoms with Gasteiger partial charge in [0.1, 0.15) is 0 Å². The van der Waals surface area contributed by atoms with E-state index in [0.29, 0.717) is 0 Å². The number of ether oxygens (including phenoxy) is 1. The van der Waals surface area contributed by atoms with E-state index >= 15 is 0 Å². The zero-order valence-electron chi connectivity index (χ0n) is 10.4. The van der Waals surface area contributed by atoms with Crippen molar-refractivity contribution in [3.05, 3.63) is 0 Å². The number of hydrogen-bond donors (Lipinski definition) is 1. The van der Waals surface area contributed by atoms with Crippen LogP contribution in [0.15, 0.2) is 0 Å². The fourth-order valence-corrected chi connectivity index (χ4v) is 1.36. The first-order chi connectivity index (χ1) is 7.11. The summed E-state index contributed by atoms with van der Waals surface area (Å²) >= 11 is 0. The van der Waals surface area contributed by atoms with Crippen LogP contribution in [-0.2, 0) is 9.53 Å². The van der Waals surface area contributed by atoms with Crippen LogP contribution in [0.1, 0.15) is 19.8 Å². The van der Waals surface area contributed by atoms with E-state index in [1.807, 2.05) is 6.92 Å². The number of carbonyl (C=O) groups excluding carboxylic acids is 1. The second-order valence-corrected chi connectivity index (χ2v) is 3.99. The maximum atomic E-state index is 11.2. The Hall–Kier alpha value is -0.610. The SMILES string of the molecule is CCC(CNCCCN(C)C)C(=O)OC. The van der Waals surface area contributed by atoms with Gasteiger partial charge in [-0.2, -0.15) is 0 Å². The molecule has 0 fully saturated rings. The normalized spacial score (nSPS) is 12.9. The molecule has 0 aromatic carbocycles. The number of hydrogen-bond acceptors (Lipinski definition) is 4. The predicted molar refractivity (Wildman–Crippen MR) is 61.8 cm³/mol. The molecule has 0 spiro atoms. The van der Waals surface area contributed by atoms with Gasteiger partial charge in [0.25, 0.3) is 0 Å². The van der Waals surface area contributed by atoms with Crippen LogP contribution in [0.2, 0.25) is 0 Å². The van der Waals surface area contributed by atoms with E-state index in [1.54, 1.807) is 0 Å². The Kier molecular flexibility index (Phi) is 8.33. The standard InChI is InChI=1S/C11H24N2O2/c1-5-10(11(14)15-4)9-12-7-6-8-13(2)3/h10,12H,5-9H2,1-4H3. The highest BCUT2D eigenvalue weighted by molar-refractivity contribution is 5.72. The number of rotatable bonds is 8. The molecule has 1 N–H and O–H groups in total. The summed E-state index contributed by atoms with van der Waals surface area (Å²) in [5.41, 5.74) is 0. The number of nitrogens with one attached hydrogen (secondary N) is 1. The summed E-state index contributed by atoms with van der Waals surface area (Å²) in [7, 11) is 5.56. The predicted octanol–water partition coefficient (Wildman–Crippen LogP) is 0.727. The molecular weight excluding hydrogens is 192 g/mol. The summed E-state index contributed by atoms with van der Waals surface area (Å²) in [6, 6.07) is 0. The van der Waals surface area contributed by atoms with Crippen molar-refractivity contribution >= 4 is 5.97 Å². The Balaban J connectivity index is 3.51. The largest absolute Gasteiger partial charge is 0.469 e. The van der Waals surface area contributed by atoms with Crippen molar-refractivity contribution in [1.82, 2.24) is 10.2 Å². The Labute approximate surface area is 93.0 Å². The Morgan fingerprint density at radius 3 is 2.60 bits per heavy atom. The van der Waals surface area contributed by atoms with E-state index in [4.69, 9.17) is 4.74 Å². The average molecular weight is 216 g/mol. The second kappa shape index (κ2) is 8.68. The minimum atomic E-state index is -0.113. The molecule has 0 aromatic heterocycles. The van der Waals surface area contributed by atoms with Gasteiger partial charge in [0.2, 0.25) is 0 Å². The van der Waals surface area contributed by atoms with Gasteiger partial charge in [-0.25, -0.2) is 0 Å². The van der Waals surface area contributed by atoms with Crippen LogP contribution in [-0.4, -0.2) is 51.7 Å². The van der Waals surface area contributed by atoms with E-state index < -0.39 is 0 Å². The number of methoxy groups -OCH3 is 1. The minimum Gasteiger partial charge on any atom is -0.469 e. The smallest absolute Gasteiger partial charge is 0.309 e. The van der Waals surface area contributed by atoms with Crippen LogP contribution >= 0.6 is 0 Å². The van der Waals surface area contributed by atoms with E-state index in [0.717, 1.165) is 32.5 Å². The molecule has 0 aliphatic carbocycles. The van der Waals surface area contributed by atoms with Crippen molar-refractivity contribution in [1.29, 1.82) is 0 Å². The monoisotopic (exact) mass is 216 g/mol. The third-order valence-electron chi connectivity index (χ3n) is 2.38. The number of nitrogens with zero attached hydrogens (tertiary/aromatic N) is 1. The van der Waals surface area contributed by atoms with Gasteiger partial charge in [0, 0.05) is 6.54 Å². The Morgan fingerprint density at radius 2 is 2.13 bits per heavy atom. The van der Waals surface area contributed by atoms with Gasteiger partial charge < -0.3 is 15.0 Å². The van der Waals surface area contributed by atoms with Gasteiger partial charge in [-0.05, 0) is 40.0 Å². The van der Waals surface area contributed by atoms with Gasteiger partial charge in [0.15, 0.2) is 0 Å². The van der Waals surface area contributed by atoms with E-state index in [2.05, 4.69) is 24.3 Å². The Morgan fingerprint density at radius 1 is 1.47 bits per heavy atom.